The first-order chi connectivity index (χ1) is 13.7. The van der Waals surface area contributed by atoms with Gasteiger partial charge in [-0.15, -0.1) is 11.3 Å². The van der Waals surface area contributed by atoms with Crippen molar-refractivity contribution in [2.75, 3.05) is 0 Å². The first-order valence-electron chi connectivity index (χ1n) is 8.50. The van der Waals surface area contributed by atoms with Crippen molar-refractivity contribution >= 4 is 28.2 Å². The minimum Gasteiger partial charge on any atom is -0.487 e. The number of esters is 1. The Balaban J connectivity index is 1.44. The predicted molar refractivity (Wildman–Crippen MR) is 104 cm³/mol. The van der Waals surface area contributed by atoms with Crippen molar-refractivity contribution in [1.82, 2.24) is 9.97 Å². The van der Waals surface area contributed by atoms with Crippen molar-refractivity contribution in [3.05, 3.63) is 88.3 Å². The van der Waals surface area contributed by atoms with Gasteiger partial charge in [-0.3, -0.25) is 4.98 Å². The molecule has 2 heterocycles. The van der Waals surface area contributed by atoms with Crippen molar-refractivity contribution in [2.24, 2.45) is 0 Å². The fraction of sp³-hybridized carbons (Fsp3) is 0.0952. The molecule has 0 N–H and O–H groups in total. The maximum atomic E-state index is 13.9. The molecule has 0 saturated heterocycles. The SMILES string of the molecule is O=C(OCc1ccc(F)c2cccnc12)c1cccc(OCc2cscn2)c1. The van der Waals surface area contributed by atoms with Crippen LogP contribution in [0.4, 0.5) is 4.39 Å². The van der Waals surface area contributed by atoms with Gasteiger partial charge in [0.1, 0.15) is 24.8 Å². The van der Waals surface area contributed by atoms with Gasteiger partial charge in [-0.1, -0.05) is 12.1 Å². The molecule has 0 aliphatic carbocycles. The Hall–Kier alpha value is -3.32. The van der Waals surface area contributed by atoms with Crippen LogP contribution in [0.1, 0.15) is 21.6 Å². The van der Waals surface area contributed by atoms with Gasteiger partial charge in [0, 0.05) is 22.5 Å². The molecule has 28 heavy (non-hydrogen) atoms. The average Bonchev–Trinajstić information content (AvgIpc) is 3.26. The van der Waals surface area contributed by atoms with Crippen LogP contribution in [0.15, 0.2) is 65.6 Å². The standard InChI is InChI=1S/C21H15FN2O3S/c22-19-7-6-15(20-18(19)5-2-8-23-20)10-27-21(25)14-3-1-4-17(9-14)26-11-16-12-28-13-24-16/h1-9,12-13H,10-11H2. The highest BCUT2D eigenvalue weighted by Gasteiger charge is 2.12. The molecule has 0 unspecified atom stereocenters. The summed E-state index contributed by atoms with van der Waals surface area (Å²) < 4.78 is 24.9. The second-order valence-corrected chi connectivity index (χ2v) is 6.70. The lowest BCUT2D eigenvalue weighted by atomic mass is 10.1. The van der Waals surface area contributed by atoms with Crippen molar-refractivity contribution in [1.29, 1.82) is 0 Å². The van der Waals surface area contributed by atoms with Gasteiger partial charge in [0.05, 0.1) is 22.3 Å². The quantitative estimate of drug-likeness (QED) is 0.441. The molecule has 0 saturated carbocycles. The molecule has 5 nitrogen and oxygen atoms in total. The van der Waals surface area contributed by atoms with Gasteiger partial charge in [-0.05, 0) is 36.4 Å². The minimum atomic E-state index is -0.493. The van der Waals surface area contributed by atoms with Crippen LogP contribution < -0.4 is 4.74 Å². The van der Waals surface area contributed by atoms with Crippen molar-refractivity contribution in [2.45, 2.75) is 13.2 Å². The number of halogens is 1. The Labute approximate surface area is 164 Å². The minimum absolute atomic E-state index is 0.00344. The van der Waals surface area contributed by atoms with E-state index >= 15 is 0 Å². The third-order valence-electron chi connectivity index (χ3n) is 4.10. The molecule has 0 fully saturated rings. The van der Waals surface area contributed by atoms with E-state index in [0.29, 0.717) is 34.4 Å². The summed E-state index contributed by atoms with van der Waals surface area (Å²) in [6.07, 6.45) is 1.58. The van der Waals surface area contributed by atoms with Crippen molar-refractivity contribution < 1.29 is 18.7 Å². The Morgan fingerprint density at radius 1 is 1.07 bits per heavy atom. The molecule has 7 heteroatoms. The van der Waals surface area contributed by atoms with Gasteiger partial charge in [0.25, 0.3) is 0 Å². The molecule has 4 aromatic rings. The largest absolute Gasteiger partial charge is 0.487 e. The molecule has 2 aromatic heterocycles. The van der Waals surface area contributed by atoms with Crippen molar-refractivity contribution in [3.8, 4) is 5.75 Å². The van der Waals surface area contributed by atoms with Gasteiger partial charge in [-0.25, -0.2) is 14.2 Å². The number of aromatic nitrogens is 2. The number of rotatable bonds is 6. The van der Waals surface area contributed by atoms with Crippen LogP contribution in [0, 0.1) is 5.82 Å². The fourth-order valence-corrected chi connectivity index (χ4v) is 3.26. The van der Waals surface area contributed by atoms with E-state index in [-0.39, 0.29) is 12.4 Å². The van der Waals surface area contributed by atoms with E-state index in [2.05, 4.69) is 9.97 Å². The lowest BCUT2D eigenvalue weighted by Gasteiger charge is -2.09. The van der Waals surface area contributed by atoms with Crippen molar-refractivity contribution in [3.63, 3.8) is 0 Å². The summed E-state index contributed by atoms with van der Waals surface area (Å²) in [5, 5.41) is 2.30. The maximum absolute atomic E-state index is 13.9. The van der Waals surface area contributed by atoms with E-state index < -0.39 is 5.97 Å². The normalized spacial score (nSPS) is 10.8. The number of hydrogen-bond donors (Lipinski definition) is 0. The summed E-state index contributed by atoms with van der Waals surface area (Å²) in [4.78, 5) is 20.8. The molecular formula is C21H15FN2O3S. The van der Waals surface area contributed by atoms with E-state index in [1.54, 1.807) is 54.2 Å². The topological polar surface area (TPSA) is 61.3 Å². The molecule has 0 radical (unpaired) electrons. The summed E-state index contributed by atoms with van der Waals surface area (Å²) in [6, 6.07) is 13.0. The number of pyridine rings is 1. The lowest BCUT2D eigenvalue weighted by Crippen LogP contribution is -2.06. The lowest BCUT2D eigenvalue weighted by molar-refractivity contribution is 0.0473. The predicted octanol–water partition coefficient (Wildman–Crippen LogP) is 4.77. The van der Waals surface area contributed by atoms with E-state index in [1.807, 2.05) is 5.38 Å². The molecule has 0 bridgehead atoms. The molecule has 2 aromatic carbocycles. The van der Waals surface area contributed by atoms with E-state index in [4.69, 9.17) is 9.47 Å². The van der Waals surface area contributed by atoms with Gasteiger partial charge >= 0.3 is 5.97 Å². The second kappa shape index (κ2) is 8.14. The van der Waals surface area contributed by atoms with Crippen LogP contribution in [0.5, 0.6) is 5.75 Å². The Morgan fingerprint density at radius 3 is 2.86 bits per heavy atom. The number of thiazole rings is 1. The Kier molecular flexibility index (Phi) is 5.25. The number of ether oxygens (including phenoxy) is 2. The fourth-order valence-electron chi connectivity index (χ4n) is 2.72. The highest BCUT2D eigenvalue weighted by atomic mass is 32.1. The summed E-state index contributed by atoms with van der Waals surface area (Å²) in [5.74, 6) is -0.299. The highest BCUT2D eigenvalue weighted by Crippen LogP contribution is 2.21. The van der Waals surface area contributed by atoms with Gasteiger partial charge in [-0.2, -0.15) is 0 Å². The summed E-state index contributed by atoms with van der Waals surface area (Å²) in [6.45, 7) is 0.325. The molecule has 0 spiro atoms. The molecule has 0 aliphatic heterocycles. The number of carbonyl (C=O) groups excluding carboxylic acids is 1. The molecule has 0 aliphatic rings. The van der Waals surface area contributed by atoms with Crippen LogP contribution >= 0.6 is 11.3 Å². The van der Waals surface area contributed by atoms with Gasteiger partial charge in [0.15, 0.2) is 0 Å². The molecule has 0 atom stereocenters. The molecule has 140 valence electrons. The first kappa shape index (κ1) is 18.1. The second-order valence-electron chi connectivity index (χ2n) is 5.98. The summed E-state index contributed by atoms with van der Waals surface area (Å²) >= 11 is 1.50. The average molecular weight is 394 g/mol. The van der Waals surface area contributed by atoms with Crippen LogP contribution in [0.3, 0.4) is 0 Å². The number of benzene rings is 2. The Bertz CT molecular complexity index is 1120. The molecule has 0 amide bonds. The number of nitrogens with zero attached hydrogens (tertiary/aromatic N) is 2. The summed E-state index contributed by atoms with van der Waals surface area (Å²) in [7, 11) is 0. The smallest absolute Gasteiger partial charge is 0.338 e. The van der Waals surface area contributed by atoms with E-state index in [0.717, 1.165) is 5.69 Å². The van der Waals surface area contributed by atoms with E-state index in [1.165, 1.54) is 17.4 Å². The zero-order valence-corrected chi connectivity index (χ0v) is 15.5. The van der Waals surface area contributed by atoms with Crippen LogP contribution in [0.25, 0.3) is 10.9 Å². The summed E-state index contributed by atoms with van der Waals surface area (Å²) in [5.41, 5.74) is 4.06. The number of fused-ring (bicyclic) bond motifs is 1. The van der Waals surface area contributed by atoms with Crippen LogP contribution in [-0.4, -0.2) is 15.9 Å². The van der Waals surface area contributed by atoms with Gasteiger partial charge < -0.3 is 9.47 Å². The van der Waals surface area contributed by atoms with Gasteiger partial charge in [0.2, 0.25) is 0 Å². The number of hydrogen-bond acceptors (Lipinski definition) is 6. The molecule has 4 rings (SSSR count). The zero-order valence-electron chi connectivity index (χ0n) is 14.7. The van der Waals surface area contributed by atoms with Crippen LogP contribution in [-0.2, 0) is 18.0 Å². The molecular weight excluding hydrogens is 379 g/mol. The third kappa shape index (κ3) is 3.99. The maximum Gasteiger partial charge on any atom is 0.338 e. The van der Waals surface area contributed by atoms with E-state index in [9.17, 15) is 9.18 Å². The van der Waals surface area contributed by atoms with Crippen LogP contribution in [0.2, 0.25) is 0 Å². The third-order valence-corrected chi connectivity index (χ3v) is 4.73. The monoisotopic (exact) mass is 394 g/mol. The Morgan fingerprint density at radius 2 is 2.00 bits per heavy atom. The highest BCUT2D eigenvalue weighted by molar-refractivity contribution is 7.07. The zero-order chi connectivity index (χ0) is 19.3. The number of carbonyl (C=O) groups is 1. The first-order valence-corrected chi connectivity index (χ1v) is 9.44.